The van der Waals surface area contributed by atoms with E-state index in [2.05, 4.69) is 231 Å². The molecule has 0 bridgehead atoms. The molecule has 12 rings (SSSR count). The summed E-state index contributed by atoms with van der Waals surface area (Å²) in [6.45, 7) is 13.5. The van der Waals surface area contributed by atoms with Crippen molar-refractivity contribution >= 4 is 32.7 Å². The van der Waals surface area contributed by atoms with E-state index in [-0.39, 0.29) is 31.9 Å². The van der Waals surface area contributed by atoms with Crippen molar-refractivity contribution in [2.75, 3.05) is 0 Å². The molecule has 11 aromatic rings. The van der Waals surface area contributed by atoms with Gasteiger partial charge in [-0.3, -0.25) is 4.57 Å². The maximum atomic E-state index is 6.79. The molecule has 334 valence electrons. The number of hydrogen-bond acceptors (Lipinski definition) is 2. The number of pyridine rings is 1. The van der Waals surface area contributed by atoms with Crippen LogP contribution in [0.1, 0.15) is 52.7 Å². The molecule has 0 aliphatic heterocycles. The zero-order valence-electron chi connectivity index (χ0n) is 38.8. The first-order chi connectivity index (χ1) is 32.5. The van der Waals surface area contributed by atoms with Gasteiger partial charge in [-0.1, -0.05) is 174 Å². The van der Waals surface area contributed by atoms with Crippen molar-refractivity contribution in [2.45, 2.75) is 52.4 Å². The molecule has 3 heterocycles. The predicted molar refractivity (Wildman–Crippen MR) is 273 cm³/mol. The van der Waals surface area contributed by atoms with Crippen molar-refractivity contribution in [3.05, 3.63) is 212 Å². The summed E-state index contributed by atoms with van der Waals surface area (Å²) in [4.78, 5) is 5.09. The van der Waals surface area contributed by atoms with E-state index in [1.54, 1.807) is 0 Å². The number of ether oxygens (including phenoxy) is 1. The Bertz CT molecular complexity index is 3750. The first kappa shape index (κ1) is 43.3. The largest absolute Gasteiger partial charge is 0.510 e. The van der Waals surface area contributed by atoms with Crippen LogP contribution in [0.2, 0.25) is 0 Å². The fraction of sp³-hybridized carbons (Fsp3) is 0.129. The molecule has 0 saturated carbocycles. The standard InChI is InChI=1S/C62H48N4O.Pt/c1-61(2,3)42-30-28-40(29-31-42)47-20-9-10-25-53(47)65-39-64(54-26-11-12-27-55(54)65)44-18-15-19-45(37-44)67-46-32-33-51-56(38-46)66(57-36-43(34-35-63-57)62(4,5)6)60-50-22-8-7-21-48(50)49-23-13-16-41-17-14-24-52(58(41)49)59(51)60;/h7-36H,1-6H3;/q-2;. The van der Waals surface area contributed by atoms with E-state index in [1.807, 2.05) is 24.4 Å². The van der Waals surface area contributed by atoms with Crippen LogP contribution in [0.3, 0.4) is 0 Å². The third-order valence-corrected chi connectivity index (χ3v) is 13.3. The van der Waals surface area contributed by atoms with Gasteiger partial charge in [-0.05, 0) is 90.0 Å². The van der Waals surface area contributed by atoms with Gasteiger partial charge in [-0.25, -0.2) is 4.98 Å². The quantitative estimate of drug-likeness (QED) is 0.123. The molecule has 0 radical (unpaired) electrons. The topological polar surface area (TPSA) is 35.9 Å². The van der Waals surface area contributed by atoms with Crippen LogP contribution in [-0.4, -0.2) is 14.1 Å². The van der Waals surface area contributed by atoms with Gasteiger partial charge in [0.15, 0.2) is 0 Å². The third-order valence-electron chi connectivity index (χ3n) is 13.3. The molecule has 1 aliphatic rings. The average Bonchev–Trinajstić information content (AvgIpc) is 3.86. The van der Waals surface area contributed by atoms with Crippen molar-refractivity contribution in [2.24, 2.45) is 0 Å². The van der Waals surface area contributed by atoms with Gasteiger partial charge in [0.1, 0.15) is 5.82 Å². The Kier molecular flexibility index (Phi) is 10.5. The fourth-order valence-corrected chi connectivity index (χ4v) is 9.94. The molecular formula is C62H48N4OPt-2. The Labute approximate surface area is 412 Å². The number of nitrogens with zero attached hydrogens (tertiary/aromatic N) is 4. The molecule has 0 atom stereocenters. The Balaban J connectivity index is 0.00000507. The predicted octanol–water partition coefficient (Wildman–Crippen LogP) is 15.2. The van der Waals surface area contributed by atoms with Crippen molar-refractivity contribution < 1.29 is 30.4 Å². The number of benzene rings is 8. The molecule has 0 unspecified atom stereocenters. The summed E-state index contributed by atoms with van der Waals surface area (Å²) >= 11 is 0. The normalized spacial score (nSPS) is 12.1. The monoisotopic (exact) mass is 1060 g/mol. The number of imidazole rings is 1. The molecule has 1 aliphatic carbocycles. The molecule has 0 amide bonds. The second kappa shape index (κ2) is 16.5. The van der Waals surface area contributed by atoms with Crippen LogP contribution in [-0.2, 0) is 31.9 Å². The molecule has 8 aromatic carbocycles. The first-order valence-corrected chi connectivity index (χ1v) is 23.0. The van der Waals surface area contributed by atoms with Crippen LogP contribution in [0.5, 0.6) is 11.5 Å². The van der Waals surface area contributed by atoms with Gasteiger partial charge in [0.05, 0.1) is 16.7 Å². The summed E-state index contributed by atoms with van der Waals surface area (Å²) in [7, 11) is 0. The van der Waals surface area contributed by atoms with Gasteiger partial charge in [0.2, 0.25) is 0 Å². The maximum absolute atomic E-state index is 6.79. The van der Waals surface area contributed by atoms with Gasteiger partial charge < -0.3 is 13.9 Å². The van der Waals surface area contributed by atoms with E-state index in [9.17, 15) is 0 Å². The van der Waals surface area contributed by atoms with E-state index in [0.29, 0.717) is 11.5 Å². The van der Waals surface area contributed by atoms with E-state index >= 15 is 0 Å². The molecule has 0 N–H and O–H groups in total. The zero-order chi connectivity index (χ0) is 45.6. The van der Waals surface area contributed by atoms with Crippen LogP contribution in [0.15, 0.2) is 182 Å². The smallest absolute Gasteiger partial charge is 0.268 e. The Hall–Kier alpha value is -7.33. The molecule has 3 aromatic heterocycles. The third kappa shape index (κ3) is 7.20. The molecule has 6 heteroatoms. The number of fused-ring (bicyclic) bond motifs is 8. The van der Waals surface area contributed by atoms with E-state index in [4.69, 9.17) is 9.72 Å². The van der Waals surface area contributed by atoms with Crippen molar-refractivity contribution in [3.63, 3.8) is 0 Å². The molecular weight excluding hydrogens is 1010 g/mol. The van der Waals surface area contributed by atoms with E-state index in [1.165, 1.54) is 38.6 Å². The molecule has 5 nitrogen and oxygen atoms in total. The Morgan fingerprint density at radius 2 is 1.22 bits per heavy atom. The van der Waals surface area contributed by atoms with E-state index < -0.39 is 0 Å². The minimum Gasteiger partial charge on any atom is -0.510 e. The summed E-state index contributed by atoms with van der Waals surface area (Å²) in [5.41, 5.74) is 16.5. The average molecular weight is 1060 g/mol. The second-order valence-corrected chi connectivity index (χ2v) is 19.7. The summed E-state index contributed by atoms with van der Waals surface area (Å²) in [6, 6.07) is 69.9. The van der Waals surface area contributed by atoms with Crippen LogP contribution in [0, 0.1) is 18.5 Å². The summed E-state index contributed by atoms with van der Waals surface area (Å²) in [5, 5.41) is 3.52. The minimum absolute atomic E-state index is 0. The van der Waals surface area contributed by atoms with Gasteiger partial charge in [0, 0.05) is 50.0 Å². The first-order valence-electron chi connectivity index (χ1n) is 23.0. The zero-order valence-corrected chi connectivity index (χ0v) is 41.1. The van der Waals surface area contributed by atoms with Crippen LogP contribution < -0.4 is 9.30 Å². The van der Waals surface area contributed by atoms with Crippen LogP contribution in [0.25, 0.3) is 94.5 Å². The minimum atomic E-state index is -0.0837. The second-order valence-electron chi connectivity index (χ2n) is 19.7. The molecule has 0 spiro atoms. The Morgan fingerprint density at radius 3 is 2.00 bits per heavy atom. The van der Waals surface area contributed by atoms with Crippen LogP contribution >= 0.6 is 0 Å². The SMILES string of the molecule is CC(C)(C)c1ccc(-c2ccccc2-[n+]2[c-]n(-c3[c-]c(Oc4[c-]c5c(cc4)c4c(n5-c5cc(C(C)(C)C)ccn5)-c5ccccc5-c5cccc6cccc-4c56)ccc3)c3ccccc32)cc1.[Pt]. The number of rotatable bonds is 6. The summed E-state index contributed by atoms with van der Waals surface area (Å²) in [6.07, 6.45) is 5.64. The fourth-order valence-electron chi connectivity index (χ4n) is 9.94. The van der Waals surface area contributed by atoms with Crippen LogP contribution in [0.4, 0.5) is 0 Å². The summed E-state index contributed by atoms with van der Waals surface area (Å²) in [5.74, 6) is 1.98. The van der Waals surface area contributed by atoms with Crippen molar-refractivity contribution in [1.29, 1.82) is 0 Å². The van der Waals surface area contributed by atoms with Crippen molar-refractivity contribution in [3.8, 4) is 73.3 Å². The van der Waals surface area contributed by atoms with Gasteiger partial charge in [-0.15, -0.1) is 29.7 Å². The number of para-hydroxylation sites is 3. The molecule has 0 fully saturated rings. The number of aromatic nitrogens is 4. The van der Waals surface area contributed by atoms with Gasteiger partial charge >= 0.3 is 0 Å². The van der Waals surface area contributed by atoms with Gasteiger partial charge in [-0.2, -0.15) is 18.2 Å². The molecule has 68 heavy (non-hydrogen) atoms. The van der Waals surface area contributed by atoms with Gasteiger partial charge in [0.25, 0.3) is 6.33 Å². The molecule has 0 saturated heterocycles. The Morgan fingerprint density at radius 1 is 0.559 bits per heavy atom. The number of hydrogen-bond donors (Lipinski definition) is 0. The van der Waals surface area contributed by atoms with E-state index in [0.717, 1.165) is 67.1 Å². The summed E-state index contributed by atoms with van der Waals surface area (Å²) < 4.78 is 13.3. The van der Waals surface area contributed by atoms with Crippen molar-refractivity contribution in [1.82, 2.24) is 14.1 Å². The maximum Gasteiger partial charge on any atom is 0.268 e.